The van der Waals surface area contributed by atoms with Gasteiger partial charge < -0.3 is 9.53 Å². The van der Waals surface area contributed by atoms with Crippen molar-refractivity contribution in [3.63, 3.8) is 0 Å². The summed E-state index contributed by atoms with van der Waals surface area (Å²) in [6.45, 7) is 4.36. The molecule has 0 bridgehead atoms. The van der Waals surface area contributed by atoms with Crippen molar-refractivity contribution in [3.8, 4) is 0 Å². The molecule has 1 fully saturated rings. The van der Waals surface area contributed by atoms with Crippen LogP contribution >= 0.6 is 0 Å². The first kappa shape index (κ1) is 8.72. The van der Waals surface area contributed by atoms with E-state index in [0.717, 1.165) is 25.5 Å². The Hall–Kier alpha value is -0.370. The molecule has 0 amide bonds. The number of carbonyl (C=O) groups excluding carboxylic acids is 1. The maximum absolute atomic E-state index is 10.7. The molecule has 2 heteroatoms. The largest absolute Gasteiger partial charge is 0.371 e. The normalized spacial score (nSPS) is 35.5. The van der Waals surface area contributed by atoms with Crippen molar-refractivity contribution >= 4 is 6.29 Å². The molecule has 1 rings (SSSR count). The van der Waals surface area contributed by atoms with Gasteiger partial charge in [-0.15, -0.1) is 0 Å². The molecule has 0 aliphatic heterocycles. The third kappa shape index (κ3) is 1.62. The van der Waals surface area contributed by atoms with Crippen molar-refractivity contribution in [3.05, 3.63) is 0 Å². The summed E-state index contributed by atoms with van der Waals surface area (Å²) in [7, 11) is 1.62. The van der Waals surface area contributed by atoms with E-state index in [1.54, 1.807) is 7.11 Å². The van der Waals surface area contributed by atoms with Crippen LogP contribution in [0.25, 0.3) is 0 Å². The molecule has 0 heterocycles. The molecular weight excluding hydrogens is 140 g/mol. The Morgan fingerprint density at radius 3 is 2.18 bits per heavy atom. The zero-order chi connectivity index (χ0) is 8.54. The van der Waals surface area contributed by atoms with Gasteiger partial charge in [0.1, 0.15) is 5.60 Å². The summed E-state index contributed by atoms with van der Waals surface area (Å²) < 4.78 is 5.22. The molecule has 0 radical (unpaired) electrons. The van der Waals surface area contributed by atoms with Gasteiger partial charge in [0, 0.05) is 7.11 Å². The minimum absolute atomic E-state index is 0.275. The Labute approximate surface area is 67.9 Å². The van der Waals surface area contributed by atoms with Gasteiger partial charge in [-0.2, -0.15) is 0 Å². The fourth-order valence-electron chi connectivity index (χ4n) is 1.86. The molecule has 64 valence electrons. The second-order valence-corrected chi connectivity index (χ2v) is 4.23. The van der Waals surface area contributed by atoms with Crippen molar-refractivity contribution in [2.75, 3.05) is 7.11 Å². The first-order valence-corrected chi connectivity index (χ1v) is 4.05. The molecule has 1 atom stereocenters. The van der Waals surface area contributed by atoms with Crippen LogP contribution in [-0.4, -0.2) is 19.0 Å². The number of ether oxygens (including phenoxy) is 1. The van der Waals surface area contributed by atoms with Gasteiger partial charge in [-0.05, 0) is 24.7 Å². The number of aldehydes is 1. The average Bonchev–Trinajstić information content (AvgIpc) is 2.28. The maximum atomic E-state index is 10.7. The number of hydrogen-bond donors (Lipinski definition) is 0. The van der Waals surface area contributed by atoms with Crippen molar-refractivity contribution in [2.24, 2.45) is 5.41 Å². The lowest BCUT2D eigenvalue weighted by molar-refractivity contribution is -0.127. The van der Waals surface area contributed by atoms with Crippen LogP contribution in [0.1, 0.15) is 33.1 Å². The van der Waals surface area contributed by atoms with Crippen LogP contribution in [0.4, 0.5) is 0 Å². The standard InChI is InChI=1S/C9H16O2/c1-8(2)4-5-9(6-8,7-10)11-3/h7H,4-6H2,1-3H3. The Bertz CT molecular complexity index is 163. The van der Waals surface area contributed by atoms with Crippen molar-refractivity contribution in [1.82, 2.24) is 0 Å². The van der Waals surface area contributed by atoms with E-state index in [2.05, 4.69) is 13.8 Å². The lowest BCUT2D eigenvalue weighted by atomic mass is 9.89. The van der Waals surface area contributed by atoms with Crippen LogP contribution in [0.2, 0.25) is 0 Å². The molecule has 0 aromatic rings. The Kier molecular flexibility index (Phi) is 2.06. The quantitative estimate of drug-likeness (QED) is 0.570. The first-order chi connectivity index (χ1) is 5.04. The highest BCUT2D eigenvalue weighted by molar-refractivity contribution is 5.63. The molecule has 1 aliphatic rings. The Morgan fingerprint density at radius 1 is 1.36 bits per heavy atom. The van der Waals surface area contributed by atoms with Crippen LogP contribution < -0.4 is 0 Å². The molecular formula is C9H16O2. The minimum atomic E-state index is -0.469. The zero-order valence-electron chi connectivity index (χ0n) is 7.52. The van der Waals surface area contributed by atoms with E-state index >= 15 is 0 Å². The monoisotopic (exact) mass is 156 g/mol. The van der Waals surface area contributed by atoms with E-state index in [-0.39, 0.29) is 5.41 Å². The summed E-state index contributed by atoms with van der Waals surface area (Å²) in [6, 6.07) is 0. The van der Waals surface area contributed by atoms with E-state index < -0.39 is 5.60 Å². The van der Waals surface area contributed by atoms with E-state index in [0.29, 0.717) is 0 Å². The van der Waals surface area contributed by atoms with Gasteiger partial charge >= 0.3 is 0 Å². The van der Waals surface area contributed by atoms with Gasteiger partial charge in [-0.25, -0.2) is 0 Å². The molecule has 1 aliphatic carbocycles. The zero-order valence-corrected chi connectivity index (χ0v) is 7.52. The Balaban J connectivity index is 2.70. The van der Waals surface area contributed by atoms with Gasteiger partial charge in [0.15, 0.2) is 6.29 Å². The molecule has 0 aromatic heterocycles. The van der Waals surface area contributed by atoms with Gasteiger partial charge in [-0.1, -0.05) is 13.8 Å². The molecule has 1 saturated carbocycles. The molecule has 0 N–H and O–H groups in total. The molecule has 0 spiro atoms. The summed E-state index contributed by atoms with van der Waals surface area (Å²) in [6.07, 6.45) is 3.78. The highest BCUT2D eigenvalue weighted by Crippen LogP contribution is 2.44. The van der Waals surface area contributed by atoms with Crippen LogP contribution in [0.15, 0.2) is 0 Å². The second-order valence-electron chi connectivity index (χ2n) is 4.23. The lowest BCUT2D eigenvalue weighted by Gasteiger charge is -2.23. The molecule has 2 nitrogen and oxygen atoms in total. The van der Waals surface area contributed by atoms with Gasteiger partial charge in [0.05, 0.1) is 0 Å². The van der Waals surface area contributed by atoms with Crippen LogP contribution in [0, 0.1) is 5.41 Å². The van der Waals surface area contributed by atoms with Crippen molar-refractivity contribution in [2.45, 2.75) is 38.7 Å². The number of carbonyl (C=O) groups is 1. The van der Waals surface area contributed by atoms with Crippen molar-refractivity contribution in [1.29, 1.82) is 0 Å². The summed E-state index contributed by atoms with van der Waals surface area (Å²) in [4.78, 5) is 10.7. The third-order valence-corrected chi connectivity index (χ3v) is 2.62. The molecule has 11 heavy (non-hydrogen) atoms. The number of hydrogen-bond acceptors (Lipinski definition) is 2. The maximum Gasteiger partial charge on any atom is 0.151 e. The summed E-state index contributed by atoms with van der Waals surface area (Å²) >= 11 is 0. The van der Waals surface area contributed by atoms with Gasteiger partial charge in [0.2, 0.25) is 0 Å². The van der Waals surface area contributed by atoms with Crippen molar-refractivity contribution < 1.29 is 9.53 Å². The smallest absolute Gasteiger partial charge is 0.151 e. The number of rotatable bonds is 2. The topological polar surface area (TPSA) is 26.3 Å². The summed E-state index contributed by atoms with van der Waals surface area (Å²) in [5.74, 6) is 0. The Morgan fingerprint density at radius 2 is 2.00 bits per heavy atom. The minimum Gasteiger partial charge on any atom is -0.371 e. The number of methoxy groups -OCH3 is 1. The third-order valence-electron chi connectivity index (χ3n) is 2.62. The molecule has 1 unspecified atom stereocenters. The predicted octanol–water partition coefficient (Wildman–Crippen LogP) is 1.78. The molecule has 0 saturated heterocycles. The SMILES string of the molecule is COC1(C=O)CCC(C)(C)C1. The van der Waals surface area contributed by atoms with E-state index in [1.165, 1.54) is 0 Å². The van der Waals surface area contributed by atoms with E-state index in [1.807, 2.05) is 0 Å². The van der Waals surface area contributed by atoms with Crippen LogP contribution in [0.5, 0.6) is 0 Å². The van der Waals surface area contributed by atoms with E-state index in [9.17, 15) is 4.79 Å². The summed E-state index contributed by atoms with van der Waals surface area (Å²) in [5, 5.41) is 0. The lowest BCUT2D eigenvalue weighted by Crippen LogP contribution is -2.30. The fourth-order valence-corrected chi connectivity index (χ4v) is 1.86. The van der Waals surface area contributed by atoms with Crippen LogP contribution in [0.3, 0.4) is 0 Å². The van der Waals surface area contributed by atoms with Gasteiger partial charge in [0.25, 0.3) is 0 Å². The first-order valence-electron chi connectivity index (χ1n) is 4.05. The average molecular weight is 156 g/mol. The van der Waals surface area contributed by atoms with E-state index in [4.69, 9.17) is 4.74 Å². The molecule has 0 aromatic carbocycles. The second kappa shape index (κ2) is 2.59. The highest BCUT2D eigenvalue weighted by Gasteiger charge is 2.43. The van der Waals surface area contributed by atoms with Gasteiger partial charge in [-0.3, -0.25) is 0 Å². The summed E-state index contributed by atoms with van der Waals surface area (Å²) in [5.41, 5.74) is -0.194. The predicted molar refractivity (Wildman–Crippen MR) is 43.4 cm³/mol. The highest BCUT2D eigenvalue weighted by atomic mass is 16.5. The fraction of sp³-hybridized carbons (Fsp3) is 0.889. The van der Waals surface area contributed by atoms with Crippen LogP contribution in [-0.2, 0) is 9.53 Å².